The lowest BCUT2D eigenvalue weighted by atomic mass is 10.2. The van der Waals surface area contributed by atoms with Crippen LogP contribution in [0.2, 0.25) is 0 Å². The Morgan fingerprint density at radius 3 is 2.43 bits per heavy atom. The summed E-state index contributed by atoms with van der Waals surface area (Å²) in [6.07, 6.45) is 3.33. The molecule has 0 atom stereocenters. The normalized spacial score (nSPS) is 15.2. The molecular formula is C18H24N6O3S. The molecule has 1 fully saturated rings. The Balaban J connectivity index is 1.44. The number of urea groups is 1. The average molecular weight is 404 g/mol. The highest BCUT2D eigenvalue weighted by molar-refractivity contribution is 7.89. The van der Waals surface area contributed by atoms with Gasteiger partial charge in [-0.2, -0.15) is 4.31 Å². The number of sulfonamides is 1. The third-order valence-electron chi connectivity index (χ3n) is 4.51. The van der Waals surface area contributed by atoms with E-state index < -0.39 is 16.1 Å². The summed E-state index contributed by atoms with van der Waals surface area (Å²) in [5.74, 6) is 0.463. The number of amides is 2. The van der Waals surface area contributed by atoms with Crippen LogP contribution in [0.25, 0.3) is 0 Å². The first-order valence-corrected chi connectivity index (χ1v) is 10.7. The highest BCUT2D eigenvalue weighted by Gasteiger charge is 2.27. The maximum absolute atomic E-state index is 12.5. The molecule has 1 aliphatic heterocycles. The Morgan fingerprint density at radius 1 is 1.07 bits per heavy atom. The molecule has 1 aliphatic rings. The zero-order chi connectivity index (χ0) is 20.0. The summed E-state index contributed by atoms with van der Waals surface area (Å²) in [5, 5.41) is 5.32. The number of benzene rings is 1. The number of para-hydroxylation sites is 1. The number of carbonyl (C=O) groups is 1. The van der Waals surface area contributed by atoms with Gasteiger partial charge >= 0.3 is 6.03 Å². The minimum Gasteiger partial charge on any atom is -0.338 e. The van der Waals surface area contributed by atoms with E-state index in [1.54, 1.807) is 24.5 Å². The van der Waals surface area contributed by atoms with Crippen molar-refractivity contribution in [1.82, 2.24) is 19.6 Å². The van der Waals surface area contributed by atoms with Crippen LogP contribution in [-0.2, 0) is 10.0 Å². The van der Waals surface area contributed by atoms with Gasteiger partial charge in [-0.15, -0.1) is 0 Å². The number of carbonyl (C=O) groups excluding carboxylic acids is 1. The van der Waals surface area contributed by atoms with E-state index in [0.29, 0.717) is 37.8 Å². The lowest BCUT2D eigenvalue weighted by Gasteiger charge is -2.33. The van der Waals surface area contributed by atoms with Crippen LogP contribution >= 0.6 is 0 Å². The molecule has 0 aliphatic carbocycles. The number of hydrogen-bond acceptors (Lipinski definition) is 6. The second-order valence-electron chi connectivity index (χ2n) is 6.45. The summed E-state index contributed by atoms with van der Waals surface area (Å²) in [6, 6.07) is 8.71. The summed E-state index contributed by atoms with van der Waals surface area (Å²) in [4.78, 5) is 22.3. The Bertz CT molecular complexity index is 899. The van der Waals surface area contributed by atoms with E-state index in [9.17, 15) is 13.2 Å². The molecule has 1 aromatic heterocycles. The maximum Gasteiger partial charge on any atom is 0.319 e. The Hall–Kier alpha value is -2.72. The van der Waals surface area contributed by atoms with Crippen molar-refractivity contribution in [2.24, 2.45) is 0 Å². The molecule has 150 valence electrons. The first-order valence-electron chi connectivity index (χ1n) is 9.06. The van der Waals surface area contributed by atoms with Gasteiger partial charge in [0, 0.05) is 50.8 Å². The monoisotopic (exact) mass is 404 g/mol. The van der Waals surface area contributed by atoms with Gasteiger partial charge in [0.2, 0.25) is 16.0 Å². The molecule has 28 heavy (non-hydrogen) atoms. The quantitative estimate of drug-likeness (QED) is 0.745. The molecule has 0 unspecified atom stereocenters. The fourth-order valence-corrected chi connectivity index (χ4v) is 4.26. The zero-order valence-corrected chi connectivity index (χ0v) is 16.5. The largest absolute Gasteiger partial charge is 0.338 e. The SMILES string of the molecule is Cc1ccccc1NC(=O)NCCS(=O)(=O)N1CCN(c2ncccn2)CC1. The van der Waals surface area contributed by atoms with Gasteiger partial charge in [0.1, 0.15) is 0 Å². The van der Waals surface area contributed by atoms with Crippen molar-refractivity contribution < 1.29 is 13.2 Å². The Labute approximate surface area is 164 Å². The average Bonchev–Trinajstić information content (AvgIpc) is 2.70. The maximum atomic E-state index is 12.5. The minimum absolute atomic E-state index is 0.0437. The number of piperazine rings is 1. The summed E-state index contributed by atoms with van der Waals surface area (Å²) < 4.78 is 26.5. The summed E-state index contributed by atoms with van der Waals surface area (Å²) in [6.45, 7) is 3.74. The van der Waals surface area contributed by atoms with Crippen LogP contribution < -0.4 is 15.5 Å². The van der Waals surface area contributed by atoms with Gasteiger partial charge < -0.3 is 15.5 Å². The van der Waals surface area contributed by atoms with Crippen LogP contribution in [0, 0.1) is 6.92 Å². The van der Waals surface area contributed by atoms with E-state index in [2.05, 4.69) is 20.6 Å². The van der Waals surface area contributed by atoms with Crippen LogP contribution in [-0.4, -0.2) is 67.2 Å². The predicted molar refractivity (Wildman–Crippen MR) is 108 cm³/mol. The third-order valence-corrected chi connectivity index (χ3v) is 6.38. The molecule has 1 saturated heterocycles. The van der Waals surface area contributed by atoms with E-state index >= 15 is 0 Å². The van der Waals surface area contributed by atoms with Gasteiger partial charge in [0.15, 0.2) is 0 Å². The molecule has 2 aromatic rings. The molecule has 0 radical (unpaired) electrons. The van der Waals surface area contributed by atoms with E-state index in [1.165, 1.54) is 4.31 Å². The second-order valence-corrected chi connectivity index (χ2v) is 8.54. The minimum atomic E-state index is -3.44. The third kappa shape index (κ3) is 5.17. The molecule has 1 aromatic carbocycles. The van der Waals surface area contributed by atoms with Gasteiger partial charge in [-0.05, 0) is 24.6 Å². The predicted octanol–water partition coefficient (Wildman–Crippen LogP) is 1.06. The van der Waals surface area contributed by atoms with Crippen molar-refractivity contribution in [2.45, 2.75) is 6.92 Å². The molecule has 2 amide bonds. The van der Waals surface area contributed by atoms with Gasteiger partial charge in [-0.25, -0.2) is 23.2 Å². The molecule has 2 N–H and O–H groups in total. The molecule has 2 heterocycles. The molecule has 10 heteroatoms. The van der Waals surface area contributed by atoms with Gasteiger partial charge in [0.25, 0.3) is 0 Å². The van der Waals surface area contributed by atoms with E-state index in [0.717, 1.165) is 5.56 Å². The smallest absolute Gasteiger partial charge is 0.319 e. The van der Waals surface area contributed by atoms with Crippen molar-refractivity contribution in [1.29, 1.82) is 0 Å². The van der Waals surface area contributed by atoms with Gasteiger partial charge in [0.05, 0.1) is 5.75 Å². The van der Waals surface area contributed by atoms with Crippen LogP contribution in [0.15, 0.2) is 42.7 Å². The van der Waals surface area contributed by atoms with Crippen molar-refractivity contribution in [2.75, 3.05) is 48.7 Å². The number of rotatable bonds is 6. The fourth-order valence-electron chi connectivity index (χ4n) is 2.92. The van der Waals surface area contributed by atoms with E-state index in [1.807, 2.05) is 30.0 Å². The number of nitrogens with one attached hydrogen (secondary N) is 2. The van der Waals surface area contributed by atoms with Crippen LogP contribution in [0.5, 0.6) is 0 Å². The molecule has 9 nitrogen and oxygen atoms in total. The lowest BCUT2D eigenvalue weighted by Crippen LogP contribution is -2.50. The molecule has 3 rings (SSSR count). The summed E-state index contributed by atoms with van der Waals surface area (Å²) >= 11 is 0. The van der Waals surface area contributed by atoms with Crippen LogP contribution in [0.1, 0.15) is 5.56 Å². The molecular weight excluding hydrogens is 380 g/mol. The van der Waals surface area contributed by atoms with Crippen molar-refractivity contribution >= 4 is 27.7 Å². The summed E-state index contributed by atoms with van der Waals surface area (Å²) in [7, 11) is -3.44. The molecule has 0 spiro atoms. The van der Waals surface area contributed by atoms with E-state index in [4.69, 9.17) is 0 Å². The Morgan fingerprint density at radius 2 is 1.75 bits per heavy atom. The van der Waals surface area contributed by atoms with Crippen molar-refractivity contribution in [3.8, 4) is 0 Å². The van der Waals surface area contributed by atoms with E-state index in [-0.39, 0.29) is 12.3 Å². The fraction of sp³-hybridized carbons (Fsp3) is 0.389. The highest BCUT2D eigenvalue weighted by atomic mass is 32.2. The van der Waals surface area contributed by atoms with Crippen LogP contribution in [0.4, 0.5) is 16.4 Å². The van der Waals surface area contributed by atoms with Crippen molar-refractivity contribution in [3.63, 3.8) is 0 Å². The topological polar surface area (TPSA) is 108 Å². The molecule has 0 saturated carbocycles. The second kappa shape index (κ2) is 8.98. The van der Waals surface area contributed by atoms with Crippen molar-refractivity contribution in [3.05, 3.63) is 48.3 Å². The first-order chi connectivity index (χ1) is 13.5. The number of hydrogen-bond donors (Lipinski definition) is 2. The van der Waals surface area contributed by atoms with Crippen LogP contribution in [0.3, 0.4) is 0 Å². The van der Waals surface area contributed by atoms with Gasteiger partial charge in [-0.1, -0.05) is 18.2 Å². The standard InChI is InChI=1S/C18H24N6O3S/c1-15-5-2-3-6-16(15)22-18(25)21-9-14-28(26,27)24-12-10-23(11-13-24)17-19-7-4-8-20-17/h2-8H,9-14H2,1H3,(H2,21,22,25). The zero-order valence-electron chi connectivity index (χ0n) is 15.7. The lowest BCUT2D eigenvalue weighted by molar-refractivity contribution is 0.252. The highest BCUT2D eigenvalue weighted by Crippen LogP contribution is 2.14. The van der Waals surface area contributed by atoms with Gasteiger partial charge in [-0.3, -0.25) is 0 Å². The number of aromatic nitrogens is 2. The first kappa shape index (κ1) is 20.0. The number of nitrogens with zero attached hydrogens (tertiary/aromatic N) is 4. The molecule has 0 bridgehead atoms. The summed E-state index contributed by atoms with van der Waals surface area (Å²) in [5.41, 5.74) is 1.63. The Kier molecular flexibility index (Phi) is 6.42. The number of anilines is 2. The number of aryl methyl sites for hydroxylation is 1.